The molecule has 1 rings (SSSR count). The molecule has 0 bridgehead atoms. The molecular formula is C12H25ClN2O2S. The van der Waals surface area contributed by atoms with E-state index in [4.69, 9.17) is 11.6 Å². The number of hydrogen-bond acceptors (Lipinski definition) is 2. The Balaban J connectivity index is 2.84. The van der Waals surface area contributed by atoms with Crippen LogP contribution in [0, 0.1) is 5.41 Å². The van der Waals surface area contributed by atoms with Crippen LogP contribution in [-0.2, 0) is 10.2 Å². The fourth-order valence-corrected chi connectivity index (χ4v) is 4.59. The van der Waals surface area contributed by atoms with Crippen LogP contribution in [0.5, 0.6) is 0 Å². The first-order valence-electron chi connectivity index (χ1n) is 6.47. The van der Waals surface area contributed by atoms with Gasteiger partial charge in [0.15, 0.2) is 0 Å². The topological polar surface area (TPSA) is 40.6 Å². The summed E-state index contributed by atoms with van der Waals surface area (Å²) in [7, 11) is -1.72. The van der Waals surface area contributed by atoms with Gasteiger partial charge in [-0.2, -0.15) is 17.0 Å². The maximum atomic E-state index is 12.5. The lowest BCUT2D eigenvalue weighted by atomic mass is 9.97. The molecule has 1 aliphatic rings. The number of nitrogens with zero attached hydrogens (tertiary/aromatic N) is 2. The molecule has 0 saturated carbocycles. The molecule has 4 nitrogen and oxygen atoms in total. The molecule has 0 amide bonds. The monoisotopic (exact) mass is 296 g/mol. The summed E-state index contributed by atoms with van der Waals surface area (Å²) >= 11 is 5.89. The van der Waals surface area contributed by atoms with Gasteiger partial charge in [-0.05, 0) is 18.3 Å². The third-order valence-corrected chi connectivity index (χ3v) is 5.48. The Labute approximate surface area is 116 Å². The minimum absolute atomic E-state index is 0.0476. The van der Waals surface area contributed by atoms with Crippen LogP contribution >= 0.6 is 11.6 Å². The van der Waals surface area contributed by atoms with E-state index < -0.39 is 10.2 Å². The van der Waals surface area contributed by atoms with Crippen molar-refractivity contribution < 1.29 is 8.42 Å². The molecule has 1 heterocycles. The van der Waals surface area contributed by atoms with Crippen molar-refractivity contribution in [3.05, 3.63) is 0 Å². The Morgan fingerprint density at radius 2 is 1.94 bits per heavy atom. The van der Waals surface area contributed by atoms with Gasteiger partial charge in [-0.15, -0.1) is 11.6 Å². The molecule has 0 N–H and O–H groups in total. The van der Waals surface area contributed by atoms with E-state index in [1.807, 2.05) is 20.8 Å². The minimum atomic E-state index is -3.37. The minimum Gasteiger partial charge on any atom is -0.195 e. The third kappa shape index (κ3) is 4.08. The smallest absolute Gasteiger partial charge is 0.195 e. The summed E-state index contributed by atoms with van der Waals surface area (Å²) in [4.78, 5) is 0. The van der Waals surface area contributed by atoms with Crippen LogP contribution in [0.3, 0.4) is 0 Å². The first kappa shape index (κ1) is 16.2. The number of halogens is 1. The largest absolute Gasteiger partial charge is 0.282 e. The average molecular weight is 297 g/mol. The van der Waals surface area contributed by atoms with Crippen molar-refractivity contribution in [2.24, 2.45) is 5.41 Å². The number of piperidine rings is 1. The predicted molar refractivity (Wildman–Crippen MR) is 76.1 cm³/mol. The predicted octanol–water partition coefficient (Wildman–Crippen LogP) is 2.30. The van der Waals surface area contributed by atoms with Gasteiger partial charge in [0.2, 0.25) is 0 Å². The van der Waals surface area contributed by atoms with Crippen molar-refractivity contribution in [2.45, 2.75) is 46.1 Å². The van der Waals surface area contributed by atoms with E-state index in [1.165, 1.54) is 4.31 Å². The van der Waals surface area contributed by atoms with Crippen molar-refractivity contribution in [3.8, 4) is 0 Å². The van der Waals surface area contributed by atoms with Crippen LogP contribution in [0.4, 0.5) is 0 Å². The molecule has 0 aliphatic carbocycles. The molecule has 6 heteroatoms. The van der Waals surface area contributed by atoms with Gasteiger partial charge >= 0.3 is 0 Å². The van der Waals surface area contributed by atoms with Gasteiger partial charge in [-0.3, -0.25) is 0 Å². The van der Waals surface area contributed by atoms with Gasteiger partial charge < -0.3 is 0 Å². The van der Waals surface area contributed by atoms with Crippen molar-refractivity contribution in [3.63, 3.8) is 0 Å². The van der Waals surface area contributed by atoms with E-state index in [9.17, 15) is 8.42 Å². The van der Waals surface area contributed by atoms with Crippen LogP contribution in [0.25, 0.3) is 0 Å². The van der Waals surface area contributed by atoms with E-state index in [0.717, 1.165) is 19.3 Å². The standard InChI is InChI=1S/C12H25ClN2O2S/c1-12(2,3)10-14(4)18(16,17)15-8-6-5-7-11(15)9-13/h11H,5-10H2,1-4H3. The summed E-state index contributed by atoms with van der Waals surface area (Å²) in [6.07, 6.45) is 2.86. The van der Waals surface area contributed by atoms with E-state index in [2.05, 4.69) is 0 Å². The van der Waals surface area contributed by atoms with Crippen LogP contribution in [0.15, 0.2) is 0 Å². The highest BCUT2D eigenvalue weighted by molar-refractivity contribution is 7.86. The molecule has 1 aliphatic heterocycles. The van der Waals surface area contributed by atoms with Crippen molar-refractivity contribution in [1.29, 1.82) is 0 Å². The van der Waals surface area contributed by atoms with E-state index in [-0.39, 0.29) is 11.5 Å². The van der Waals surface area contributed by atoms with E-state index in [0.29, 0.717) is 19.0 Å². The van der Waals surface area contributed by atoms with Gasteiger partial charge in [0, 0.05) is 32.1 Å². The van der Waals surface area contributed by atoms with Crippen molar-refractivity contribution in [2.75, 3.05) is 26.0 Å². The van der Waals surface area contributed by atoms with Crippen LogP contribution in [0.1, 0.15) is 40.0 Å². The first-order chi connectivity index (χ1) is 8.18. The molecule has 1 unspecified atom stereocenters. The fourth-order valence-electron chi connectivity index (χ4n) is 2.36. The summed E-state index contributed by atoms with van der Waals surface area (Å²) in [5, 5.41) is 0. The molecule has 108 valence electrons. The van der Waals surface area contributed by atoms with Gasteiger partial charge in [-0.1, -0.05) is 27.2 Å². The Morgan fingerprint density at radius 3 is 2.44 bits per heavy atom. The molecule has 1 saturated heterocycles. The summed E-state index contributed by atoms with van der Waals surface area (Å²) in [5.74, 6) is 0.378. The Hall–Kier alpha value is 0.160. The highest BCUT2D eigenvalue weighted by Gasteiger charge is 2.35. The van der Waals surface area contributed by atoms with Crippen molar-refractivity contribution in [1.82, 2.24) is 8.61 Å². The lowest BCUT2D eigenvalue weighted by Gasteiger charge is -2.37. The molecule has 0 aromatic rings. The molecule has 18 heavy (non-hydrogen) atoms. The zero-order valence-corrected chi connectivity index (χ0v) is 13.4. The number of rotatable bonds is 4. The molecule has 0 aromatic carbocycles. The third-order valence-electron chi connectivity index (χ3n) is 3.14. The summed E-state index contributed by atoms with van der Waals surface area (Å²) < 4.78 is 28.1. The van der Waals surface area contributed by atoms with Crippen LogP contribution in [0.2, 0.25) is 0 Å². The number of hydrogen-bond donors (Lipinski definition) is 0. The average Bonchev–Trinajstić information content (AvgIpc) is 2.26. The van der Waals surface area contributed by atoms with Crippen molar-refractivity contribution >= 4 is 21.8 Å². The Kier molecular flexibility index (Phi) is 5.47. The van der Waals surface area contributed by atoms with E-state index >= 15 is 0 Å². The summed E-state index contributed by atoms with van der Waals surface area (Å²) in [6, 6.07) is -0.0483. The fraction of sp³-hybridized carbons (Fsp3) is 1.00. The lowest BCUT2D eigenvalue weighted by Crippen LogP contribution is -2.51. The SMILES string of the molecule is CN(CC(C)(C)C)S(=O)(=O)N1CCCCC1CCl. The van der Waals surface area contributed by atoms with Gasteiger partial charge in [0.25, 0.3) is 10.2 Å². The normalized spacial score (nSPS) is 23.6. The second kappa shape index (κ2) is 6.07. The van der Waals surface area contributed by atoms with Gasteiger partial charge in [0.05, 0.1) is 0 Å². The maximum absolute atomic E-state index is 12.5. The Bertz CT molecular complexity index is 365. The summed E-state index contributed by atoms with van der Waals surface area (Å²) in [5.41, 5.74) is -0.0476. The molecule has 0 spiro atoms. The van der Waals surface area contributed by atoms with E-state index in [1.54, 1.807) is 11.4 Å². The highest BCUT2D eigenvalue weighted by Crippen LogP contribution is 2.25. The molecule has 0 aromatic heterocycles. The Morgan fingerprint density at radius 1 is 1.33 bits per heavy atom. The maximum Gasteiger partial charge on any atom is 0.282 e. The molecule has 1 atom stereocenters. The first-order valence-corrected chi connectivity index (χ1v) is 8.41. The second-order valence-electron chi connectivity index (χ2n) is 6.24. The quantitative estimate of drug-likeness (QED) is 0.747. The second-order valence-corrected chi connectivity index (χ2v) is 8.54. The van der Waals surface area contributed by atoms with Crippen LogP contribution < -0.4 is 0 Å². The molecular weight excluding hydrogens is 272 g/mol. The summed E-state index contributed by atoms with van der Waals surface area (Å²) in [6.45, 7) is 7.21. The highest BCUT2D eigenvalue weighted by atomic mass is 35.5. The van der Waals surface area contributed by atoms with Gasteiger partial charge in [0.1, 0.15) is 0 Å². The zero-order chi connectivity index (χ0) is 14.0. The molecule has 0 radical (unpaired) electrons. The number of alkyl halides is 1. The molecule has 1 fully saturated rings. The van der Waals surface area contributed by atoms with Crippen LogP contribution in [-0.4, -0.2) is 49.1 Å². The van der Waals surface area contributed by atoms with Gasteiger partial charge in [-0.25, -0.2) is 0 Å². The zero-order valence-electron chi connectivity index (χ0n) is 11.8. The lowest BCUT2D eigenvalue weighted by molar-refractivity contribution is 0.236.